The predicted molar refractivity (Wildman–Crippen MR) is 75.0 cm³/mol. The van der Waals surface area contributed by atoms with Crippen molar-refractivity contribution in [1.82, 2.24) is 5.32 Å². The standard InChI is InChI=1S/C14H18BrNO2/c1-2-16-14(17)11-6-12(15)8-13(7-11)18-9-10-4-3-5-10/h6-8,10H,2-5,9H2,1H3,(H,16,17). The van der Waals surface area contributed by atoms with E-state index in [0.29, 0.717) is 18.0 Å². The van der Waals surface area contributed by atoms with Gasteiger partial charge in [-0.2, -0.15) is 0 Å². The third-order valence-corrected chi connectivity index (χ3v) is 3.64. The van der Waals surface area contributed by atoms with Gasteiger partial charge in [0.25, 0.3) is 5.91 Å². The first kappa shape index (κ1) is 13.4. The third kappa shape index (κ3) is 3.48. The van der Waals surface area contributed by atoms with Gasteiger partial charge >= 0.3 is 0 Å². The number of benzene rings is 1. The van der Waals surface area contributed by atoms with E-state index >= 15 is 0 Å². The van der Waals surface area contributed by atoms with Gasteiger partial charge in [0, 0.05) is 16.6 Å². The molecule has 0 atom stereocenters. The average Bonchev–Trinajstić information content (AvgIpc) is 2.26. The predicted octanol–water partition coefficient (Wildman–Crippen LogP) is 3.38. The fourth-order valence-electron chi connectivity index (χ4n) is 1.91. The van der Waals surface area contributed by atoms with Gasteiger partial charge in [-0.15, -0.1) is 0 Å². The molecular formula is C14H18BrNO2. The van der Waals surface area contributed by atoms with Crippen LogP contribution in [0.1, 0.15) is 36.5 Å². The second-order valence-electron chi connectivity index (χ2n) is 4.64. The van der Waals surface area contributed by atoms with E-state index in [4.69, 9.17) is 4.74 Å². The Morgan fingerprint density at radius 1 is 1.44 bits per heavy atom. The van der Waals surface area contributed by atoms with Gasteiger partial charge in [-0.25, -0.2) is 0 Å². The summed E-state index contributed by atoms with van der Waals surface area (Å²) >= 11 is 3.41. The average molecular weight is 312 g/mol. The minimum Gasteiger partial charge on any atom is -0.493 e. The Balaban J connectivity index is 2.02. The fraction of sp³-hybridized carbons (Fsp3) is 0.500. The van der Waals surface area contributed by atoms with Gasteiger partial charge in [-0.05, 0) is 43.9 Å². The number of rotatable bonds is 5. The molecule has 1 aliphatic carbocycles. The van der Waals surface area contributed by atoms with Gasteiger partial charge in [-0.3, -0.25) is 4.79 Å². The molecule has 0 spiro atoms. The molecule has 1 aliphatic rings. The Morgan fingerprint density at radius 3 is 2.83 bits per heavy atom. The molecule has 2 rings (SSSR count). The van der Waals surface area contributed by atoms with E-state index < -0.39 is 0 Å². The maximum absolute atomic E-state index is 11.8. The van der Waals surface area contributed by atoms with Gasteiger partial charge < -0.3 is 10.1 Å². The molecule has 18 heavy (non-hydrogen) atoms. The summed E-state index contributed by atoms with van der Waals surface area (Å²) in [6, 6.07) is 5.51. The van der Waals surface area contributed by atoms with Crippen LogP contribution in [-0.4, -0.2) is 19.1 Å². The summed E-state index contributed by atoms with van der Waals surface area (Å²) in [7, 11) is 0. The summed E-state index contributed by atoms with van der Waals surface area (Å²) in [5, 5.41) is 2.79. The minimum atomic E-state index is -0.0627. The van der Waals surface area contributed by atoms with Crippen LogP contribution in [-0.2, 0) is 0 Å². The van der Waals surface area contributed by atoms with Crippen LogP contribution in [0, 0.1) is 5.92 Å². The summed E-state index contributed by atoms with van der Waals surface area (Å²) in [6.45, 7) is 3.29. The molecule has 1 saturated carbocycles. The summed E-state index contributed by atoms with van der Waals surface area (Å²) in [5.41, 5.74) is 0.634. The van der Waals surface area contributed by atoms with Gasteiger partial charge in [0.1, 0.15) is 5.75 Å². The van der Waals surface area contributed by atoms with Crippen LogP contribution in [0.15, 0.2) is 22.7 Å². The first-order valence-corrected chi connectivity index (χ1v) is 7.20. The zero-order valence-corrected chi connectivity index (χ0v) is 12.1. The first-order chi connectivity index (χ1) is 8.69. The zero-order valence-electron chi connectivity index (χ0n) is 10.5. The monoisotopic (exact) mass is 311 g/mol. The van der Waals surface area contributed by atoms with Crippen LogP contribution in [0.25, 0.3) is 0 Å². The number of carbonyl (C=O) groups is 1. The summed E-state index contributed by atoms with van der Waals surface area (Å²) in [4.78, 5) is 11.8. The van der Waals surface area contributed by atoms with Crippen molar-refractivity contribution in [2.24, 2.45) is 5.92 Å². The number of hydrogen-bond donors (Lipinski definition) is 1. The van der Waals surface area contributed by atoms with Crippen LogP contribution in [0.4, 0.5) is 0 Å². The van der Waals surface area contributed by atoms with E-state index in [1.807, 2.05) is 13.0 Å². The highest BCUT2D eigenvalue weighted by molar-refractivity contribution is 9.10. The Hall–Kier alpha value is -1.03. The van der Waals surface area contributed by atoms with Crippen molar-refractivity contribution in [3.05, 3.63) is 28.2 Å². The Morgan fingerprint density at radius 2 is 2.22 bits per heavy atom. The van der Waals surface area contributed by atoms with Gasteiger partial charge in [0.05, 0.1) is 6.61 Å². The highest BCUT2D eigenvalue weighted by Crippen LogP contribution is 2.28. The van der Waals surface area contributed by atoms with E-state index in [0.717, 1.165) is 16.8 Å². The molecule has 0 aliphatic heterocycles. The smallest absolute Gasteiger partial charge is 0.251 e. The van der Waals surface area contributed by atoms with E-state index in [1.54, 1.807) is 12.1 Å². The first-order valence-electron chi connectivity index (χ1n) is 6.40. The van der Waals surface area contributed by atoms with Crippen LogP contribution in [0.5, 0.6) is 5.75 Å². The van der Waals surface area contributed by atoms with Crippen molar-refractivity contribution in [3.8, 4) is 5.75 Å². The number of amides is 1. The van der Waals surface area contributed by atoms with Crippen molar-refractivity contribution >= 4 is 21.8 Å². The van der Waals surface area contributed by atoms with E-state index in [-0.39, 0.29) is 5.91 Å². The van der Waals surface area contributed by atoms with Crippen LogP contribution < -0.4 is 10.1 Å². The van der Waals surface area contributed by atoms with Crippen molar-refractivity contribution in [1.29, 1.82) is 0 Å². The molecule has 0 saturated heterocycles. The summed E-state index contributed by atoms with van der Waals surface area (Å²) < 4.78 is 6.62. The number of halogens is 1. The van der Waals surface area contributed by atoms with Gasteiger partial charge in [0.2, 0.25) is 0 Å². The Kier molecular flexibility index (Phi) is 4.64. The molecule has 0 heterocycles. The normalized spacial score (nSPS) is 15.0. The van der Waals surface area contributed by atoms with Crippen molar-refractivity contribution in [3.63, 3.8) is 0 Å². The number of carbonyl (C=O) groups excluding carboxylic acids is 1. The molecule has 1 amide bonds. The van der Waals surface area contributed by atoms with Crippen molar-refractivity contribution < 1.29 is 9.53 Å². The summed E-state index contributed by atoms with van der Waals surface area (Å²) in [5.74, 6) is 1.39. The largest absolute Gasteiger partial charge is 0.493 e. The van der Waals surface area contributed by atoms with E-state index in [9.17, 15) is 4.79 Å². The molecule has 3 nitrogen and oxygen atoms in total. The molecule has 1 aromatic carbocycles. The lowest BCUT2D eigenvalue weighted by molar-refractivity contribution is 0.0955. The molecule has 4 heteroatoms. The van der Waals surface area contributed by atoms with Crippen LogP contribution in [0.2, 0.25) is 0 Å². The Bertz CT molecular complexity index is 430. The molecule has 0 aromatic heterocycles. The maximum Gasteiger partial charge on any atom is 0.251 e. The molecule has 1 fully saturated rings. The highest BCUT2D eigenvalue weighted by Gasteiger charge is 2.18. The minimum absolute atomic E-state index is 0.0627. The van der Waals surface area contributed by atoms with Gasteiger partial charge in [-0.1, -0.05) is 22.4 Å². The van der Waals surface area contributed by atoms with Gasteiger partial charge in [0.15, 0.2) is 0 Å². The molecule has 0 radical (unpaired) electrons. The number of ether oxygens (including phenoxy) is 1. The second-order valence-corrected chi connectivity index (χ2v) is 5.56. The van der Waals surface area contributed by atoms with E-state index in [2.05, 4.69) is 21.2 Å². The lowest BCUT2D eigenvalue weighted by Gasteiger charge is -2.25. The molecule has 0 unspecified atom stereocenters. The Labute approximate surface area is 116 Å². The maximum atomic E-state index is 11.8. The highest BCUT2D eigenvalue weighted by atomic mass is 79.9. The molecule has 98 valence electrons. The topological polar surface area (TPSA) is 38.3 Å². The van der Waals surface area contributed by atoms with Crippen molar-refractivity contribution in [2.45, 2.75) is 26.2 Å². The number of hydrogen-bond acceptors (Lipinski definition) is 2. The van der Waals surface area contributed by atoms with Crippen molar-refractivity contribution in [2.75, 3.05) is 13.2 Å². The molecule has 0 bridgehead atoms. The lowest BCUT2D eigenvalue weighted by atomic mass is 9.86. The van der Waals surface area contributed by atoms with Crippen LogP contribution >= 0.6 is 15.9 Å². The fourth-order valence-corrected chi connectivity index (χ4v) is 2.39. The molecule has 1 aromatic rings. The molecule has 1 N–H and O–H groups in total. The quantitative estimate of drug-likeness (QED) is 0.905. The van der Waals surface area contributed by atoms with Crippen LogP contribution in [0.3, 0.4) is 0 Å². The third-order valence-electron chi connectivity index (χ3n) is 3.18. The van der Waals surface area contributed by atoms with E-state index in [1.165, 1.54) is 19.3 Å². The number of nitrogens with one attached hydrogen (secondary N) is 1. The summed E-state index contributed by atoms with van der Waals surface area (Å²) in [6.07, 6.45) is 3.84. The zero-order chi connectivity index (χ0) is 13.0. The SMILES string of the molecule is CCNC(=O)c1cc(Br)cc(OCC2CCC2)c1. The second kappa shape index (κ2) is 6.23. The molecular weight excluding hydrogens is 294 g/mol. The lowest BCUT2D eigenvalue weighted by Crippen LogP contribution is -2.23.